The van der Waals surface area contributed by atoms with Crippen molar-refractivity contribution in [3.05, 3.63) is 39.2 Å². The SMILES string of the molecule is COC(=O)c1cc(CCl)cc([N+](=O)[O-])c1F. The van der Waals surface area contributed by atoms with E-state index >= 15 is 0 Å². The molecule has 7 heteroatoms. The first-order chi connectivity index (χ1) is 7.51. The molecule has 0 atom stereocenters. The van der Waals surface area contributed by atoms with Crippen LogP contribution in [-0.2, 0) is 10.6 Å². The number of nitro benzene ring substituents is 1. The topological polar surface area (TPSA) is 69.4 Å². The zero-order chi connectivity index (χ0) is 12.3. The molecule has 0 N–H and O–H groups in total. The Morgan fingerprint density at radius 3 is 2.69 bits per heavy atom. The second-order valence-electron chi connectivity index (χ2n) is 2.86. The van der Waals surface area contributed by atoms with Crippen LogP contribution in [0.5, 0.6) is 0 Å². The Morgan fingerprint density at radius 1 is 1.62 bits per heavy atom. The van der Waals surface area contributed by atoms with E-state index in [1.165, 1.54) is 0 Å². The van der Waals surface area contributed by atoms with Gasteiger partial charge >= 0.3 is 11.7 Å². The van der Waals surface area contributed by atoms with Gasteiger partial charge in [0.25, 0.3) is 0 Å². The molecule has 0 unspecified atom stereocenters. The molecule has 16 heavy (non-hydrogen) atoms. The molecule has 0 bridgehead atoms. The Labute approximate surface area is 94.9 Å². The van der Waals surface area contributed by atoms with Crippen molar-refractivity contribution in [1.29, 1.82) is 0 Å². The first-order valence-corrected chi connectivity index (χ1v) is 4.65. The van der Waals surface area contributed by atoms with Crippen molar-refractivity contribution >= 4 is 23.3 Å². The molecule has 0 aliphatic carbocycles. The van der Waals surface area contributed by atoms with E-state index in [1.54, 1.807) is 0 Å². The maximum Gasteiger partial charge on any atom is 0.341 e. The standard InChI is InChI=1S/C9H7ClFNO4/c1-16-9(13)6-2-5(4-10)3-7(8(6)11)12(14)15/h2-3H,4H2,1H3. The molecular formula is C9H7ClFNO4. The van der Waals surface area contributed by atoms with Crippen molar-refractivity contribution in [2.45, 2.75) is 5.88 Å². The summed E-state index contributed by atoms with van der Waals surface area (Å²) in [6, 6.07) is 2.11. The number of methoxy groups -OCH3 is 1. The number of benzene rings is 1. The largest absolute Gasteiger partial charge is 0.465 e. The number of carbonyl (C=O) groups is 1. The molecule has 0 saturated heterocycles. The van der Waals surface area contributed by atoms with Crippen LogP contribution >= 0.6 is 11.6 Å². The number of nitro groups is 1. The first kappa shape index (κ1) is 12.4. The van der Waals surface area contributed by atoms with Gasteiger partial charge in [-0.05, 0) is 11.6 Å². The van der Waals surface area contributed by atoms with Gasteiger partial charge < -0.3 is 4.74 Å². The molecule has 1 aromatic carbocycles. The minimum atomic E-state index is -1.22. The second kappa shape index (κ2) is 4.89. The van der Waals surface area contributed by atoms with E-state index in [0.717, 1.165) is 19.2 Å². The lowest BCUT2D eigenvalue weighted by Gasteiger charge is -2.04. The van der Waals surface area contributed by atoms with Crippen LogP contribution in [-0.4, -0.2) is 18.0 Å². The lowest BCUT2D eigenvalue weighted by atomic mass is 10.1. The number of hydrogen-bond donors (Lipinski definition) is 0. The minimum absolute atomic E-state index is 0.0644. The zero-order valence-electron chi connectivity index (χ0n) is 8.20. The average Bonchev–Trinajstić information content (AvgIpc) is 2.28. The van der Waals surface area contributed by atoms with Crippen molar-refractivity contribution in [3.8, 4) is 0 Å². The van der Waals surface area contributed by atoms with Crippen LogP contribution in [0.25, 0.3) is 0 Å². The molecule has 0 radical (unpaired) electrons. The molecule has 86 valence electrons. The predicted octanol–water partition coefficient (Wildman–Crippen LogP) is 2.26. The zero-order valence-corrected chi connectivity index (χ0v) is 8.95. The number of carbonyl (C=O) groups excluding carboxylic acids is 1. The van der Waals surface area contributed by atoms with Crippen molar-refractivity contribution in [3.63, 3.8) is 0 Å². The van der Waals surface area contributed by atoms with E-state index in [9.17, 15) is 19.3 Å². The Kier molecular flexibility index (Phi) is 3.78. The summed E-state index contributed by atoms with van der Waals surface area (Å²) >= 11 is 5.48. The molecule has 0 saturated carbocycles. The van der Waals surface area contributed by atoms with Gasteiger partial charge in [0.15, 0.2) is 0 Å². The van der Waals surface area contributed by atoms with Gasteiger partial charge in [0.2, 0.25) is 5.82 Å². The molecule has 0 fully saturated rings. The summed E-state index contributed by atoms with van der Waals surface area (Å²) in [6.45, 7) is 0. The minimum Gasteiger partial charge on any atom is -0.465 e. The van der Waals surface area contributed by atoms with Crippen LogP contribution in [0, 0.1) is 15.9 Å². The summed E-state index contributed by atoms with van der Waals surface area (Å²) in [5, 5.41) is 10.5. The highest BCUT2D eigenvalue weighted by Gasteiger charge is 2.24. The average molecular weight is 248 g/mol. The number of ether oxygens (including phenoxy) is 1. The maximum atomic E-state index is 13.5. The lowest BCUT2D eigenvalue weighted by Crippen LogP contribution is -2.07. The van der Waals surface area contributed by atoms with E-state index in [0.29, 0.717) is 0 Å². The van der Waals surface area contributed by atoms with Crippen molar-refractivity contribution in [2.75, 3.05) is 7.11 Å². The molecule has 0 amide bonds. The summed E-state index contributed by atoms with van der Waals surface area (Å²) in [4.78, 5) is 20.8. The van der Waals surface area contributed by atoms with Crippen LogP contribution in [0.3, 0.4) is 0 Å². The van der Waals surface area contributed by atoms with E-state index in [1.807, 2.05) is 0 Å². The van der Waals surface area contributed by atoms with Gasteiger partial charge in [-0.3, -0.25) is 10.1 Å². The molecule has 1 rings (SSSR count). The third kappa shape index (κ3) is 2.27. The Hall–Kier alpha value is -1.69. The van der Waals surface area contributed by atoms with Crippen LogP contribution in [0.1, 0.15) is 15.9 Å². The Morgan fingerprint density at radius 2 is 2.25 bits per heavy atom. The highest BCUT2D eigenvalue weighted by molar-refractivity contribution is 6.17. The highest BCUT2D eigenvalue weighted by Crippen LogP contribution is 2.24. The summed E-state index contributed by atoms with van der Waals surface area (Å²) in [6.07, 6.45) is 0. The Bertz CT molecular complexity index is 449. The molecule has 5 nitrogen and oxygen atoms in total. The monoisotopic (exact) mass is 247 g/mol. The number of rotatable bonds is 3. The van der Waals surface area contributed by atoms with Gasteiger partial charge in [0.1, 0.15) is 5.56 Å². The quantitative estimate of drug-likeness (QED) is 0.356. The van der Waals surface area contributed by atoms with E-state index in [2.05, 4.69) is 4.74 Å². The highest BCUT2D eigenvalue weighted by atomic mass is 35.5. The fourth-order valence-electron chi connectivity index (χ4n) is 1.14. The van der Waals surface area contributed by atoms with Crippen molar-refractivity contribution in [1.82, 2.24) is 0 Å². The third-order valence-electron chi connectivity index (χ3n) is 1.87. The molecule has 0 heterocycles. The number of nitrogens with zero attached hydrogens (tertiary/aromatic N) is 1. The van der Waals surface area contributed by atoms with E-state index < -0.39 is 28.0 Å². The Balaban J connectivity index is 3.43. The van der Waals surface area contributed by atoms with Gasteiger partial charge in [-0.25, -0.2) is 4.79 Å². The first-order valence-electron chi connectivity index (χ1n) is 4.12. The predicted molar refractivity (Wildman–Crippen MR) is 54.0 cm³/mol. The number of esters is 1. The molecule has 1 aromatic rings. The van der Waals surface area contributed by atoms with Crippen LogP contribution < -0.4 is 0 Å². The normalized spacial score (nSPS) is 9.94. The fourth-order valence-corrected chi connectivity index (χ4v) is 1.29. The summed E-state index contributed by atoms with van der Waals surface area (Å²) < 4.78 is 17.8. The van der Waals surface area contributed by atoms with Crippen molar-refractivity contribution in [2.24, 2.45) is 0 Å². The molecule has 0 aliphatic heterocycles. The number of halogens is 2. The van der Waals surface area contributed by atoms with Gasteiger partial charge in [-0.15, -0.1) is 11.6 Å². The molecular weight excluding hydrogens is 241 g/mol. The molecule has 0 aliphatic rings. The van der Waals surface area contributed by atoms with E-state index in [-0.39, 0.29) is 11.4 Å². The summed E-state index contributed by atoms with van der Waals surface area (Å²) in [7, 11) is 1.06. The van der Waals surface area contributed by atoms with Gasteiger partial charge in [0, 0.05) is 11.9 Å². The number of alkyl halides is 1. The van der Waals surface area contributed by atoms with Crippen molar-refractivity contribution < 1.29 is 18.8 Å². The van der Waals surface area contributed by atoms with Gasteiger partial charge in [0.05, 0.1) is 12.0 Å². The second-order valence-corrected chi connectivity index (χ2v) is 3.13. The van der Waals surface area contributed by atoms with Gasteiger partial charge in [-0.2, -0.15) is 4.39 Å². The lowest BCUT2D eigenvalue weighted by molar-refractivity contribution is -0.387. The van der Waals surface area contributed by atoms with Gasteiger partial charge in [-0.1, -0.05) is 0 Å². The third-order valence-corrected chi connectivity index (χ3v) is 2.18. The molecule has 0 aromatic heterocycles. The molecule has 0 spiro atoms. The summed E-state index contributed by atoms with van der Waals surface area (Å²) in [5.41, 5.74) is -1.01. The van der Waals surface area contributed by atoms with E-state index in [4.69, 9.17) is 11.6 Å². The van der Waals surface area contributed by atoms with Crippen LogP contribution in [0.15, 0.2) is 12.1 Å². The van der Waals surface area contributed by atoms with Crippen LogP contribution in [0.2, 0.25) is 0 Å². The maximum absolute atomic E-state index is 13.5. The van der Waals surface area contributed by atoms with Crippen LogP contribution in [0.4, 0.5) is 10.1 Å². The number of hydrogen-bond acceptors (Lipinski definition) is 4. The smallest absolute Gasteiger partial charge is 0.341 e. The fraction of sp³-hybridized carbons (Fsp3) is 0.222. The summed E-state index contributed by atoms with van der Waals surface area (Å²) in [5.74, 6) is -2.26.